The van der Waals surface area contributed by atoms with E-state index < -0.39 is 0 Å². The van der Waals surface area contributed by atoms with Gasteiger partial charge in [-0.25, -0.2) is 0 Å². The van der Waals surface area contributed by atoms with Gasteiger partial charge in [-0.2, -0.15) is 5.10 Å². The predicted molar refractivity (Wildman–Crippen MR) is 150 cm³/mol. The molecule has 1 aliphatic heterocycles. The lowest BCUT2D eigenvalue weighted by atomic mass is 10.0. The van der Waals surface area contributed by atoms with Crippen LogP contribution in [0.2, 0.25) is 0 Å². The van der Waals surface area contributed by atoms with Crippen LogP contribution in [0.25, 0.3) is 32.9 Å². The molecule has 0 amide bonds. The summed E-state index contributed by atoms with van der Waals surface area (Å²) in [4.78, 5) is 2.63. The van der Waals surface area contributed by atoms with E-state index in [0.717, 1.165) is 38.3 Å². The van der Waals surface area contributed by atoms with E-state index in [2.05, 4.69) is 112 Å². The average molecular weight is 471 g/mol. The second-order valence-corrected chi connectivity index (χ2v) is 9.85. The van der Waals surface area contributed by atoms with Gasteiger partial charge in [-0.05, 0) is 52.9 Å². The van der Waals surface area contributed by atoms with Crippen LogP contribution >= 0.6 is 0 Å². The van der Waals surface area contributed by atoms with Gasteiger partial charge in [0.05, 0.1) is 12.3 Å². The zero-order valence-corrected chi connectivity index (χ0v) is 20.6. The van der Waals surface area contributed by atoms with E-state index in [0.29, 0.717) is 6.04 Å². The van der Waals surface area contributed by atoms with Gasteiger partial charge >= 0.3 is 0 Å². The number of aryl methyl sites for hydroxylation is 1. The highest BCUT2D eigenvalue weighted by Crippen LogP contribution is 2.46. The van der Waals surface area contributed by atoms with Crippen molar-refractivity contribution >= 4 is 28.0 Å². The van der Waals surface area contributed by atoms with E-state index in [4.69, 9.17) is 5.10 Å². The van der Waals surface area contributed by atoms with E-state index in [-0.39, 0.29) is 0 Å². The molecule has 0 radical (unpaired) electrons. The Balaban J connectivity index is 1.10. The Bertz CT molecular complexity index is 1560. The fourth-order valence-corrected chi connectivity index (χ4v) is 6.25. The van der Waals surface area contributed by atoms with Crippen molar-refractivity contribution in [2.75, 3.05) is 26.2 Å². The number of aromatic nitrogens is 1. The highest BCUT2D eigenvalue weighted by atomic mass is 15.5. The summed E-state index contributed by atoms with van der Waals surface area (Å²) < 4.78 is 2.39. The van der Waals surface area contributed by atoms with Crippen LogP contribution in [0.3, 0.4) is 0 Å². The third-order valence-corrected chi connectivity index (χ3v) is 7.94. The smallest absolute Gasteiger partial charge is 0.0615 e. The highest BCUT2D eigenvalue weighted by molar-refractivity contribution is 6.09. The molecule has 4 aromatic carbocycles. The maximum atomic E-state index is 4.89. The van der Waals surface area contributed by atoms with E-state index in [9.17, 15) is 0 Å². The van der Waals surface area contributed by atoms with E-state index >= 15 is 0 Å². The molecule has 0 saturated carbocycles. The molecule has 4 heteroatoms. The number of hydrazone groups is 1. The lowest BCUT2D eigenvalue weighted by Gasteiger charge is -2.37. The predicted octanol–water partition coefficient (Wildman–Crippen LogP) is 6.54. The fraction of sp³-hybridized carbons (Fsp3) is 0.219. The number of nitrogens with zero attached hydrogens (tertiary/aromatic N) is 4. The molecular formula is C32H30N4. The lowest BCUT2D eigenvalue weighted by molar-refractivity contribution is 0.114. The zero-order valence-electron chi connectivity index (χ0n) is 20.6. The minimum atomic E-state index is 0.349. The summed E-state index contributed by atoms with van der Waals surface area (Å²) in [7, 11) is 0. The van der Waals surface area contributed by atoms with Gasteiger partial charge in [0.25, 0.3) is 0 Å². The number of para-hydroxylation sites is 1. The molecule has 0 unspecified atom stereocenters. The quantitative estimate of drug-likeness (QED) is 0.279. The Morgan fingerprint density at radius 1 is 0.722 bits per heavy atom. The van der Waals surface area contributed by atoms with E-state index in [1.807, 2.05) is 6.21 Å². The van der Waals surface area contributed by atoms with Gasteiger partial charge in [0.15, 0.2) is 0 Å². The molecule has 1 aliphatic carbocycles. The molecule has 4 nitrogen and oxygen atoms in total. The number of hydrogen-bond donors (Lipinski definition) is 0. The van der Waals surface area contributed by atoms with Crippen LogP contribution in [-0.2, 0) is 6.54 Å². The molecule has 2 aliphatic rings. The molecule has 5 aromatic rings. The van der Waals surface area contributed by atoms with Gasteiger partial charge in [-0.1, -0.05) is 72.8 Å². The van der Waals surface area contributed by atoms with Gasteiger partial charge in [0.1, 0.15) is 0 Å². The topological polar surface area (TPSA) is 23.8 Å². The maximum absolute atomic E-state index is 4.89. The van der Waals surface area contributed by atoms with Crippen molar-refractivity contribution in [3.8, 4) is 11.1 Å². The van der Waals surface area contributed by atoms with Gasteiger partial charge in [0.2, 0.25) is 0 Å². The Labute approximate surface area is 212 Å². The summed E-state index contributed by atoms with van der Waals surface area (Å²) in [5.41, 5.74) is 9.40. The average Bonchev–Trinajstić information content (AvgIpc) is 3.45. The summed E-state index contributed by atoms with van der Waals surface area (Å²) in [6, 6.07) is 33.6. The molecule has 0 bridgehead atoms. The van der Waals surface area contributed by atoms with E-state index in [1.165, 1.54) is 44.1 Å². The van der Waals surface area contributed by atoms with Crippen molar-refractivity contribution in [1.82, 2.24) is 14.5 Å². The van der Waals surface area contributed by atoms with Crippen molar-refractivity contribution in [2.45, 2.75) is 19.5 Å². The first kappa shape index (κ1) is 21.4. The molecule has 1 aromatic heterocycles. The lowest BCUT2D eigenvalue weighted by Crippen LogP contribution is -2.45. The Kier molecular flexibility index (Phi) is 5.14. The molecule has 0 atom stereocenters. The largest absolute Gasteiger partial charge is 0.341 e. The van der Waals surface area contributed by atoms with Crippen LogP contribution in [0.15, 0.2) is 96.1 Å². The van der Waals surface area contributed by atoms with Crippen molar-refractivity contribution in [3.63, 3.8) is 0 Å². The van der Waals surface area contributed by atoms with Gasteiger partial charge in [-0.3, -0.25) is 9.91 Å². The van der Waals surface area contributed by atoms with Crippen LogP contribution in [0.1, 0.15) is 29.7 Å². The van der Waals surface area contributed by atoms with Gasteiger partial charge < -0.3 is 4.57 Å². The molecule has 1 fully saturated rings. The van der Waals surface area contributed by atoms with Crippen molar-refractivity contribution < 1.29 is 0 Å². The molecule has 0 spiro atoms. The SMILES string of the molecule is CCn1c2ccccc2c2cc(/C=N/N3CCN(C4c5ccccc5-c5ccccc54)CC3)ccc21. The summed E-state index contributed by atoms with van der Waals surface area (Å²) in [5.74, 6) is 0. The first-order chi connectivity index (χ1) is 17.8. The molecule has 178 valence electrons. The summed E-state index contributed by atoms with van der Waals surface area (Å²) in [6.45, 7) is 7.08. The number of rotatable bonds is 4. The third kappa shape index (κ3) is 3.36. The first-order valence-electron chi connectivity index (χ1n) is 13.0. The van der Waals surface area contributed by atoms with Crippen LogP contribution in [0.5, 0.6) is 0 Å². The molecule has 0 N–H and O–H groups in total. The fourth-order valence-electron chi connectivity index (χ4n) is 6.25. The third-order valence-electron chi connectivity index (χ3n) is 7.94. The molecule has 1 saturated heterocycles. The van der Waals surface area contributed by atoms with Crippen molar-refractivity contribution in [2.24, 2.45) is 5.10 Å². The van der Waals surface area contributed by atoms with Crippen LogP contribution in [0.4, 0.5) is 0 Å². The second-order valence-electron chi connectivity index (χ2n) is 9.85. The van der Waals surface area contributed by atoms with Crippen molar-refractivity contribution in [3.05, 3.63) is 108 Å². The molecule has 36 heavy (non-hydrogen) atoms. The summed E-state index contributed by atoms with van der Waals surface area (Å²) >= 11 is 0. The number of benzene rings is 4. The number of fused-ring (bicyclic) bond motifs is 6. The Morgan fingerprint density at radius 2 is 1.36 bits per heavy atom. The van der Waals surface area contributed by atoms with Crippen LogP contribution in [-0.4, -0.2) is 46.9 Å². The zero-order chi connectivity index (χ0) is 24.1. The highest BCUT2D eigenvalue weighted by Gasteiger charge is 2.33. The molecule has 2 heterocycles. The van der Waals surface area contributed by atoms with Gasteiger partial charge in [0, 0.05) is 54.5 Å². The Hall–Kier alpha value is -3.89. The van der Waals surface area contributed by atoms with E-state index in [1.54, 1.807) is 0 Å². The van der Waals surface area contributed by atoms with Crippen LogP contribution in [0, 0.1) is 0 Å². The number of hydrogen-bond acceptors (Lipinski definition) is 3. The standard InChI is InChI=1S/C32H30N4/c1-2-36-30-14-8-7-11-26(30)29-21-23(15-16-31(29)36)22-33-35-19-17-34(18-20-35)32-27-12-5-3-9-24(27)25-10-4-6-13-28(25)32/h3-16,21-22,32H,2,17-20H2,1H3/b33-22+. The van der Waals surface area contributed by atoms with Crippen molar-refractivity contribution in [1.29, 1.82) is 0 Å². The monoisotopic (exact) mass is 470 g/mol. The Morgan fingerprint density at radius 3 is 2.08 bits per heavy atom. The number of piperazine rings is 1. The normalized spacial score (nSPS) is 16.3. The minimum absolute atomic E-state index is 0.349. The summed E-state index contributed by atoms with van der Waals surface area (Å²) in [5, 5.41) is 9.74. The minimum Gasteiger partial charge on any atom is -0.341 e. The second kappa shape index (κ2) is 8.65. The van der Waals surface area contributed by atoms with Crippen LogP contribution < -0.4 is 0 Å². The maximum Gasteiger partial charge on any atom is 0.0615 e. The summed E-state index contributed by atoms with van der Waals surface area (Å²) in [6.07, 6.45) is 2.04. The molecule has 7 rings (SSSR count). The molecular weight excluding hydrogens is 440 g/mol. The first-order valence-corrected chi connectivity index (χ1v) is 13.0. The van der Waals surface area contributed by atoms with Gasteiger partial charge in [-0.15, -0.1) is 0 Å².